The van der Waals surface area contributed by atoms with E-state index in [0.29, 0.717) is 22.6 Å². The number of hydrogen-bond donors (Lipinski definition) is 2. The molecular weight excluding hydrogens is 349 g/mol. The number of piperazine rings is 1. The molecule has 142 valence electrons. The van der Waals surface area contributed by atoms with Crippen molar-refractivity contribution in [1.29, 1.82) is 0 Å². The highest BCUT2D eigenvalue weighted by Gasteiger charge is 2.33. The first-order valence-electron chi connectivity index (χ1n) is 9.06. The zero-order valence-electron chi connectivity index (χ0n) is 15.4. The minimum atomic E-state index is -0.647. The fraction of sp³-hybridized carbons (Fsp3) is 0.421. The normalized spacial score (nSPS) is 20.3. The Morgan fingerprint density at radius 1 is 1.19 bits per heavy atom. The summed E-state index contributed by atoms with van der Waals surface area (Å²) in [5.74, 6) is -0.625. The number of likely N-dealkylation sites (N-methyl/N-ethyl adjacent to an activating group) is 1. The van der Waals surface area contributed by atoms with E-state index in [1.807, 2.05) is 11.9 Å². The highest BCUT2D eigenvalue weighted by Crippen LogP contribution is 2.36. The zero-order chi connectivity index (χ0) is 19.1. The van der Waals surface area contributed by atoms with Gasteiger partial charge in [-0.2, -0.15) is 4.98 Å². The second-order valence-electron chi connectivity index (χ2n) is 7.23. The van der Waals surface area contributed by atoms with E-state index < -0.39 is 5.92 Å². The van der Waals surface area contributed by atoms with Crippen molar-refractivity contribution in [2.24, 2.45) is 0 Å². The molecule has 8 heteroatoms. The average Bonchev–Trinajstić information content (AvgIpc) is 2.63. The van der Waals surface area contributed by atoms with Gasteiger partial charge >= 0.3 is 0 Å². The van der Waals surface area contributed by atoms with Crippen LogP contribution in [0, 0.1) is 12.7 Å². The molecule has 1 aromatic carbocycles. The minimum absolute atomic E-state index is 0.0198. The molecule has 0 saturated carbocycles. The Balaban J connectivity index is 1.77. The maximum atomic E-state index is 14.7. The lowest BCUT2D eigenvalue weighted by Crippen LogP contribution is -2.46. The lowest BCUT2D eigenvalue weighted by atomic mass is 9.86. The van der Waals surface area contributed by atoms with Gasteiger partial charge in [-0.3, -0.25) is 14.6 Å². The molecule has 0 aliphatic carbocycles. The van der Waals surface area contributed by atoms with Gasteiger partial charge in [0.1, 0.15) is 11.6 Å². The van der Waals surface area contributed by atoms with Gasteiger partial charge in [0.25, 0.3) is 5.56 Å². The standard InChI is InChI=1S/C19H22FN5O2/c1-11-4-3-5-12(16(11)20)13-10-14(26)21-17-15(13)18(27)23-19(22-17)25-8-6-24(2)7-9-25/h3-5,13H,6-10H2,1-2H3,(H2,21,22,23,26,27)/t13-/m1/s1. The zero-order valence-corrected chi connectivity index (χ0v) is 15.4. The number of carbonyl (C=O) groups excluding carboxylic acids is 1. The molecule has 1 amide bonds. The van der Waals surface area contributed by atoms with Gasteiger partial charge in [-0.25, -0.2) is 4.39 Å². The first kappa shape index (κ1) is 17.7. The molecule has 1 fully saturated rings. The van der Waals surface area contributed by atoms with Crippen molar-refractivity contribution in [2.45, 2.75) is 19.3 Å². The van der Waals surface area contributed by atoms with Crippen LogP contribution in [0.25, 0.3) is 0 Å². The van der Waals surface area contributed by atoms with E-state index in [2.05, 4.69) is 20.2 Å². The van der Waals surface area contributed by atoms with E-state index in [1.165, 1.54) is 0 Å². The maximum Gasteiger partial charge on any atom is 0.258 e. The molecule has 3 heterocycles. The van der Waals surface area contributed by atoms with Crippen LogP contribution in [0.2, 0.25) is 0 Å². The fourth-order valence-corrected chi connectivity index (χ4v) is 3.73. The quantitative estimate of drug-likeness (QED) is 0.835. The molecule has 27 heavy (non-hydrogen) atoms. The summed E-state index contributed by atoms with van der Waals surface area (Å²) in [7, 11) is 2.04. The average molecular weight is 371 g/mol. The number of rotatable bonds is 2. The number of aromatic nitrogens is 2. The molecule has 0 radical (unpaired) electrons. The number of H-pyrrole nitrogens is 1. The smallest absolute Gasteiger partial charge is 0.258 e. The van der Waals surface area contributed by atoms with Crippen LogP contribution in [0.5, 0.6) is 0 Å². The largest absolute Gasteiger partial charge is 0.340 e. The predicted molar refractivity (Wildman–Crippen MR) is 101 cm³/mol. The van der Waals surface area contributed by atoms with E-state index in [9.17, 15) is 14.0 Å². The van der Waals surface area contributed by atoms with Gasteiger partial charge in [0, 0.05) is 38.5 Å². The van der Waals surface area contributed by atoms with E-state index >= 15 is 0 Å². The van der Waals surface area contributed by atoms with Crippen LogP contribution in [0.1, 0.15) is 29.0 Å². The molecule has 2 N–H and O–H groups in total. The van der Waals surface area contributed by atoms with Crippen molar-refractivity contribution in [2.75, 3.05) is 43.4 Å². The number of nitrogens with zero attached hydrogens (tertiary/aromatic N) is 3. The van der Waals surface area contributed by atoms with Crippen LogP contribution in [-0.4, -0.2) is 54.0 Å². The van der Waals surface area contributed by atoms with Crippen LogP contribution in [0.15, 0.2) is 23.0 Å². The molecule has 7 nitrogen and oxygen atoms in total. The van der Waals surface area contributed by atoms with Crippen LogP contribution in [-0.2, 0) is 4.79 Å². The Labute approximate surface area is 156 Å². The van der Waals surface area contributed by atoms with Crippen molar-refractivity contribution < 1.29 is 9.18 Å². The second-order valence-corrected chi connectivity index (χ2v) is 7.23. The summed E-state index contributed by atoms with van der Waals surface area (Å²) in [5, 5.41) is 2.69. The van der Waals surface area contributed by atoms with Gasteiger partial charge in [0.2, 0.25) is 11.9 Å². The third-order valence-electron chi connectivity index (χ3n) is 5.34. The number of nitrogens with one attached hydrogen (secondary N) is 2. The number of anilines is 2. The van der Waals surface area contributed by atoms with Gasteiger partial charge in [-0.1, -0.05) is 18.2 Å². The number of aryl methyl sites for hydroxylation is 1. The van der Waals surface area contributed by atoms with Crippen LogP contribution in [0.4, 0.5) is 16.2 Å². The summed E-state index contributed by atoms with van der Waals surface area (Å²) in [6.07, 6.45) is 0.0198. The Morgan fingerprint density at radius 2 is 1.93 bits per heavy atom. The topological polar surface area (TPSA) is 81.3 Å². The maximum absolute atomic E-state index is 14.7. The first-order chi connectivity index (χ1) is 12.9. The number of halogens is 1. The van der Waals surface area contributed by atoms with Crippen molar-refractivity contribution in [3.8, 4) is 0 Å². The Kier molecular flexibility index (Phi) is 4.43. The van der Waals surface area contributed by atoms with Gasteiger partial charge in [-0.15, -0.1) is 0 Å². The number of benzene rings is 1. The van der Waals surface area contributed by atoms with Gasteiger partial charge in [0.15, 0.2) is 0 Å². The molecule has 2 aliphatic rings. The Morgan fingerprint density at radius 3 is 2.67 bits per heavy atom. The molecule has 0 unspecified atom stereocenters. The van der Waals surface area contributed by atoms with Crippen LogP contribution < -0.4 is 15.8 Å². The van der Waals surface area contributed by atoms with Crippen molar-refractivity contribution in [1.82, 2.24) is 14.9 Å². The summed E-state index contributed by atoms with van der Waals surface area (Å²) in [4.78, 5) is 36.6. The minimum Gasteiger partial charge on any atom is -0.340 e. The summed E-state index contributed by atoms with van der Waals surface area (Å²) in [6, 6.07) is 5.03. The molecule has 4 rings (SSSR count). The second kappa shape index (κ2) is 6.77. The predicted octanol–water partition coefficient (Wildman–Crippen LogP) is 1.44. The third-order valence-corrected chi connectivity index (χ3v) is 5.34. The van der Waals surface area contributed by atoms with Crippen molar-refractivity contribution in [3.63, 3.8) is 0 Å². The van der Waals surface area contributed by atoms with Gasteiger partial charge in [-0.05, 0) is 25.1 Å². The SMILES string of the molecule is Cc1cccc([C@H]2CC(=O)Nc3nc(N4CCN(C)CC4)[nH]c(=O)c32)c1F. The fourth-order valence-electron chi connectivity index (χ4n) is 3.73. The number of aromatic amines is 1. The lowest BCUT2D eigenvalue weighted by Gasteiger charge is -2.33. The number of fused-ring (bicyclic) bond motifs is 1. The van der Waals surface area contributed by atoms with E-state index in [1.54, 1.807) is 25.1 Å². The number of carbonyl (C=O) groups is 1. The summed E-state index contributed by atoms with van der Waals surface area (Å²) >= 11 is 0. The van der Waals surface area contributed by atoms with E-state index in [4.69, 9.17) is 0 Å². The summed E-state index contributed by atoms with van der Waals surface area (Å²) in [5.41, 5.74) is 0.820. The molecule has 2 aromatic rings. The summed E-state index contributed by atoms with van der Waals surface area (Å²) in [6.45, 7) is 4.88. The Hall–Kier alpha value is -2.74. The third kappa shape index (κ3) is 3.21. The van der Waals surface area contributed by atoms with Gasteiger partial charge < -0.3 is 15.1 Å². The molecule has 0 bridgehead atoms. The molecule has 1 atom stereocenters. The van der Waals surface area contributed by atoms with E-state index in [0.717, 1.165) is 26.2 Å². The molecule has 1 saturated heterocycles. The molecule has 1 aromatic heterocycles. The molecule has 2 aliphatic heterocycles. The molecule has 0 spiro atoms. The first-order valence-corrected chi connectivity index (χ1v) is 9.06. The number of amides is 1. The highest BCUT2D eigenvalue weighted by atomic mass is 19.1. The van der Waals surface area contributed by atoms with E-state index in [-0.39, 0.29) is 29.5 Å². The summed E-state index contributed by atoms with van der Waals surface area (Å²) < 4.78 is 14.7. The van der Waals surface area contributed by atoms with Crippen LogP contribution >= 0.6 is 0 Å². The van der Waals surface area contributed by atoms with Gasteiger partial charge in [0.05, 0.1) is 5.56 Å². The van der Waals surface area contributed by atoms with Crippen molar-refractivity contribution >= 4 is 17.7 Å². The number of hydrogen-bond acceptors (Lipinski definition) is 5. The lowest BCUT2D eigenvalue weighted by molar-refractivity contribution is -0.116. The Bertz CT molecular complexity index is 950. The van der Waals surface area contributed by atoms with Crippen LogP contribution in [0.3, 0.4) is 0 Å². The highest BCUT2D eigenvalue weighted by molar-refractivity contribution is 5.94. The van der Waals surface area contributed by atoms with Crippen molar-refractivity contribution in [3.05, 3.63) is 51.1 Å². The molecular formula is C19H22FN5O2. The monoisotopic (exact) mass is 371 g/mol.